The number of carbonyl (C=O) groups is 1. The van der Waals surface area contributed by atoms with Crippen LogP contribution in [0.2, 0.25) is 0 Å². The van der Waals surface area contributed by atoms with Gasteiger partial charge in [0.2, 0.25) is 0 Å². The topological polar surface area (TPSA) is 41.6 Å². The average Bonchev–Trinajstić information content (AvgIpc) is 3.15. The summed E-state index contributed by atoms with van der Waals surface area (Å²) in [5, 5.41) is 3.31. The van der Waals surface area contributed by atoms with Crippen LogP contribution in [0.4, 0.5) is 0 Å². The van der Waals surface area contributed by atoms with Crippen LogP contribution < -0.4 is 10.1 Å². The van der Waals surface area contributed by atoms with Crippen LogP contribution in [0.25, 0.3) is 10.4 Å². The summed E-state index contributed by atoms with van der Waals surface area (Å²) in [4.78, 5) is 17.1. The van der Waals surface area contributed by atoms with Crippen LogP contribution in [0.1, 0.15) is 29.4 Å². The number of rotatable bonds is 4. The number of fused-ring (bicyclic) bond motifs is 3. The van der Waals surface area contributed by atoms with Crippen molar-refractivity contribution >= 4 is 17.2 Å². The Hall–Kier alpha value is -1.85. The van der Waals surface area contributed by atoms with Gasteiger partial charge in [-0.25, -0.2) is 0 Å². The van der Waals surface area contributed by atoms with Gasteiger partial charge in [-0.3, -0.25) is 9.69 Å². The lowest BCUT2D eigenvalue weighted by atomic mass is 9.79. The maximum absolute atomic E-state index is 12.8. The van der Waals surface area contributed by atoms with E-state index in [2.05, 4.69) is 17.1 Å². The lowest BCUT2D eigenvalue weighted by Gasteiger charge is -2.49. The van der Waals surface area contributed by atoms with Crippen molar-refractivity contribution in [2.45, 2.75) is 31.8 Å². The van der Waals surface area contributed by atoms with Crippen LogP contribution in [0.3, 0.4) is 0 Å². The lowest BCUT2D eigenvalue weighted by molar-refractivity contribution is 0.0218. The number of benzene rings is 1. The summed E-state index contributed by atoms with van der Waals surface area (Å²) in [7, 11) is 1.67. The van der Waals surface area contributed by atoms with Gasteiger partial charge >= 0.3 is 0 Å². The molecule has 1 N–H and O–H groups in total. The second-order valence-corrected chi connectivity index (χ2v) is 8.09. The maximum Gasteiger partial charge on any atom is 0.261 e. The zero-order chi connectivity index (χ0) is 17.4. The van der Waals surface area contributed by atoms with Crippen LogP contribution in [0.15, 0.2) is 36.4 Å². The first-order valence-corrected chi connectivity index (χ1v) is 9.76. The number of nitrogens with one attached hydrogen (secondary N) is 1. The molecule has 0 aliphatic carbocycles. The van der Waals surface area contributed by atoms with Crippen molar-refractivity contribution in [1.29, 1.82) is 0 Å². The summed E-state index contributed by atoms with van der Waals surface area (Å²) < 4.78 is 5.29. The number of thiophene rings is 1. The van der Waals surface area contributed by atoms with Crippen molar-refractivity contribution in [2.75, 3.05) is 20.2 Å². The van der Waals surface area contributed by atoms with Crippen LogP contribution in [-0.2, 0) is 0 Å². The van der Waals surface area contributed by atoms with Gasteiger partial charge in [-0.1, -0.05) is 12.1 Å². The molecule has 5 heteroatoms. The molecule has 2 atom stereocenters. The van der Waals surface area contributed by atoms with Crippen molar-refractivity contribution in [3.05, 3.63) is 41.3 Å². The number of nitrogens with zero attached hydrogens (tertiary/aromatic N) is 1. The molecule has 2 aromatic rings. The first-order valence-electron chi connectivity index (χ1n) is 8.95. The Morgan fingerprint density at radius 1 is 1.24 bits per heavy atom. The quantitative estimate of drug-likeness (QED) is 0.909. The number of amides is 1. The molecule has 3 fully saturated rings. The number of piperidine rings is 3. The monoisotopic (exact) mass is 356 g/mol. The molecule has 2 unspecified atom stereocenters. The van der Waals surface area contributed by atoms with Gasteiger partial charge in [-0.2, -0.15) is 0 Å². The first-order chi connectivity index (χ1) is 12.2. The van der Waals surface area contributed by atoms with Crippen molar-refractivity contribution in [3.8, 4) is 16.2 Å². The van der Waals surface area contributed by atoms with Crippen molar-refractivity contribution < 1.29 is 9.53 Å². The van der Waals surface area contributed by atoms with Gasteiger partial charge in [0.05, 0.1) is 12.0 Å². The molecule has 0 spiro atoms. The summed E-state index contributed by atoms with van der Waals surface area (Å²) in [5.74, 6) is 1.52. The number of hydrogen-bond acceptors (Lipinski definition) is 4. The molecule has 0 saturated carbocycles. The second-order valence-electron chi connectivity index (χ2n) is 7.01. The maximum atomic E-state index is 12.8. The molecule has 1 amide bonds. The smallest absolute Gasteiger partial charge is 0.261 e. The number of carbonyl (C=O) groups excluding carboxylic acids is 1. The fraction of sp³-hybridized carbons (Fsp3) is 0.450. The third-order valence-electron chi connectivity index (χ3n) is 5.66. The molecule has 1 aromatic heterocycles. The van der Waals surface area contributed by atoms with Gasteiger partial charge in [0.15, 0.2) is 0 Å². The molecule has 5 rings (SSSR count). The Morgan fingerprint density at radius 2 is 2.04 bits per heavy atom. The molecule has 3 aliphatic heterocycles. The predicted octanol–water partition coefficient (Wildman–Crippen LogP) is 3.64. The Labute approximate surface area is 152 Å². The predicted molar refractivity (Wildman–Crippen MR) is 101 cm³/mol. The van der Waals surface area contributed by atoms with Crippen molar-refractivity contribution in [2.24, 2.45) is 5.92 Å². The second kappa shape index (κ2) is 6.81. The SMILES string of the molecule is COc1cccc(-c2ccc(C(=O)NC3C4CCN(CC4)C3C)s2)c1. The van der Waals surface area contributed by atoms with Gasteiger partial charge in [0.25, 0.3) is 5.91 Å². The van der Waals surface area contributed by atoms with Crippen LogP contribution in [0.5, 0.6) is 5.75 Å². The van der Waals surface area contributed by atoms with Crippen LogP contribution in [0, 0.1) is 5.92 Å². The van der Waals surface area contributed by atoms with Gasteiger partial charge < -0.3 is 10.1 Å². The van der Waals surface area contributed by atoms with Gasteiger partial charge in [0, 0.05) is 17.0 Å². The Kier molecular flexibility index (Phi) is 4.52. The molecule has 1 aromatic carbocycles. The zero-order valence-electron chi connectivity index (χ0n) is 14.7. The van der Waals surface area contributed by atoms with E-state index < -0.39 is 0 Å². The van der Waals surface area contributed by atoms with E-state index in [1.165, 1.54) is 25.9 Å². The summed E-state index contributed by atoms with van der Waals surface area (Å²) in [6.45, 7) is 4.60. The lowest BCUT2D eigenvalue weighted by Crippen LogP contribution is -2.62. The van der Waals surface area contributed by atoms with Crippen molar-refractivity contribution in [3.63, 3.8) is 0 Å². The van der Waals surface area contributed by atoms with Crippen LogP contribution >= 0.6 is 11.3 Å². The minimum Gasteiger partial charge on any atom is -0.497 e. The summed E-state index contributed by atoms with van der Waals surface area (Å²) in [5.41, 5.74) is 1.08. The van der Waals surface area contributed by atoms with E-state index in [9.17, 15) is 4.79 Å². The fourth-order valence-corrected chi connectivity index (χ4v) is 5.06. The Balaban J connectivity index is 1.49. The van der Waals surface area contributed by atoms with Crippen LogP contribution in [-0.4, -0.2) is 43.1 Å². The summed E-state index contributed by atoms with van der Waals surface area (Å²) in [6.07, 6.45) is 2.41. The Morgan fingerprint density at radius 3 is 2.76 bits per heavy atom. The van der Waals surface area contributed by atoms with Crippen molar-refractivity contribution in [1.82, 2.24) is 10.2 Å². The van der Waals surface area contributed by atoms with E-state index >= 15 is 0 Å². The molecule has 0 radical (unpaired) electrons. The van der Waals surface area contributed by atoms with Gasteiger partial charge in [-0.15, -0.1) is 11.3 Å². The minimum absolute atomic E-state index is 0.0600. The Bertz CT molecular complexity index is 763. The molecule has 25 heavy (non-hydrogen) atoms. The highest BCUT2D eigenvalue weighted by Gasteiger charge is 2.40. The van der Waals surface area contributed by atoms with E-state index in [1.807, 2.05) is 36.4 Å². The number of hydrogen-bond donors (Lipinski definition) is 1. The largest absolute Gasteiger partial charge is 0.497 e. The molecule has 4 heterocycles. The molecule has 3 aliphatic rings. The van der Waals surface area contributed by atoms with E-state index in [-0.39, 0.29) is 11.9 Å². The van der Waals surface area contributed by atoms with Gasteiger partial charge in [-0.05, 0) is 68.6 Å². The van der Waals surface area contributed by atoms with E-state index in [4.69, 9.17) is 4.74 Å². The van der Waals surface area contributed by atoms with Gasteiger partial charge in [0.1, 0.15) is 5.75 Å². The molecular weight excluding hydrogens is 332 g/mol. The number of ether oxygens (including phenoxy) is 1. The molecule has 3 saturated heterocycles. The third kappa shape index (κ3) is 3.18. The zero-order valence-corrected chi connectivity index (χ0v) is 15.5. The normalized spacial score (nSPS) is 27.9. The highest BCUT2D eigenvalue weighted by atomic mass is 32.1. The first kappa shape index (κ1) is 16.6. The standard InChI is InChI=1S/C20H24N2O2S/c1-13-19(14-8-10-22(13)11-9-14)21-20(23)18-7-6-17(25-18)15-4-3-5-16(12-15)24-2/h3-7,12-14,19H,8-11H2,1-2H3,(H,21,23). The molecule has 4 nitrogen and oxygen atoms in total. The minimum atomic E-state index is 0.0600. The van der Waals surface area contributed by atoms with E-state index in [0.29, 0.717) is 12.0 Å². The third-order valence-corrected chi connectivity index (χ3v) is 6.79. The fourth-order valence-electron chi connectivity index (χ4n) is 4.16. The van der Waals surface area contributed by atoms with E-state index in [1.54, 1.807) is 18.4 Å². The van der Waals surface area contributed by atoms with E-state index in [0.717, 1.165) is 21.1 Å². The summed E-state index contributed by atoms with van der Waals surface area (Å²) in [6, 6.07) is 12.6. The average molecular weight is 356 g/mol. The summed E-state index contributed by atoms with van der Waals surface area (Å²) >= 11 is 1.54. The highest BCUT2D eigenvalue weighted by molar-refractivity contribution is 7.17. The molecule has 132 valence electrons. The highest BCUT2D eigenvalue weighted by Crippen LogP contribution is 2.33. The molecular formula is C20H24N2O2S. The molecule has 2 bridgehead atoms. The number of methoxy groups -OCH3 is 1.